The second kappa shape index (κ2) is 6.36. The van der Waals surface area contributed by atoms with E-state index in [4.69, 9.17) is 9.15 Å². The van der Waals surface area contributed by atoms with E-state index in [-0.39, 0.29) is 5.91 Å². The van der Waals surface area contributed by atoms with Crippen molar-refractivity contribution in [1.29, 1.82) is 0 Å². The minimum Gasteiger partial charge on any atom is -0.438 e. The Labute approximate surface area is 129 Å². The standard InChI is InChI=1S/C16H21N3O3/c1-12-15(22-11-17-12)16(20)19-9-13(5-7-21-2)8-18-6-3-4-14(18)10-19/h3-4,6,11,13H,5,7-10H2,1-2H3/t13-/m0/s1. The van der Waals surface area contributed by atoms with E-state index < -0.39 is 0 Å². The van der Waals surface area contributed by atoms with Gasteiger partial charge in [0.05, 0.1) is 12.2 Å². The lowest BCUT2D eigenvalue weighted by molar-refractivity contribution is 0.0672. The number of carbonyl (C=O) groups is 1. The highest BCUT2D eigenvalue weighted by Gasteiger charge is 2.28. The fourth-order valence-electron chi connectivity index (χ4n) is 2.95. The van der Waals surface area contributed by atoms with Crippen LogP contribution < -0.4 is 0 Å². The average Bonchev–Trinajstić information content (AvgIpc) is 3.09. The van der Waals surface area contributed by atoms with Crippen molar-refractivity contribution in [3.05, 3.63) is 41.9 Å². The maximum Gasteiger partial charge on any atom is 0.291 e. The molecule has 6 nitrogen and oxygen atoms in total. The van der Waals surface area contributed by atoms with Gasteiger partial charge in [-0.25, -0.2) is 4.98 Å². The van der Waals surface area contributed by atoms with Gasteiger partial charge in [-0.2, -0.15) is 0 Å². The number of ether oxygens (including phenoxy) is 1. The van der Waals surface area contributed by atoms with Crippen molar-refractivity contribution in [1.82, 2.24) is 14.5 Å². The minimum absolute atomic E-state index is 0.0907. The molecule has 0 aliphatic carbocycles. The van der Waals surface area contributed by atoms with E-state index in [2.05, 4.69) is 21.8 Å². The molecule has 1 aliphatic rings. The molecule has 6 heteroatoms. The van der Waals surface area contributed by atoms with Gasteiger partial charge in [0.25, 0.3) is 5.91 Å². The van der Waals surface area contributed by atoms with Gasteiger partial charge in [0.15, 0.2) is 6.39 Å². The predicted octanol–water partition coefficient (Wildman–Crippen LogP) is 2.09. The molecular weight excluding hydrogens is 282 g/mol. The van der Waals surface area contributed by atoms with Gasteiger partial charge in [0.1, 0.15) is 0 Å². The SMILES string of the molecule is COCC[C@@H]1CN(C(=O)c2ocnc2C)Cc2cccn2C1. The molecule has 118 valence electrons. The fraction of sp³-hybridized carbons (Fsp3) is 0.500. The summed E-state index contributed by atoms with van der Waals surface area (Å²) in [7, 11) is 1.71. The lowest BCUT2D eigenvalue weighted by Gasteiger charge is -2.23. The molecule has 1 amide bonds. The molecule has 1 aliphatic heterocycles. The molecule has 22 heavy (non-hydrogen) atoms. The smallest absolute Gasteiger partial charge is 0.291 e. The van der Waals surface area contributed by atoms with E-state index in [9.17, 15) is 4.79 Å². The molecule has 0 saturated carbocycles. The van der Waals surface area contributed by atoms with Crippen LogP contribution in [0.4, 0.5) is 0 Å². The first-order valence-corrected chi connectivity index (χ1v) is 7.51. The van der Waals surface area contributed by atoms with Crippen molar-refractivity contribution in [2.75, 3.05) is 20.3 Å². The summed E-state index contributed by atoms with van der Waals surface area (Å²) in [6.45, 7) is 4.69. The minimum atomic E-state index is -0.0907. The van der Waals surface area contributed by atoms with Gasteiger partial charge in [-0.15, -0.1) is 0 Å². The van der Waals surface area contributed by atoms with Crippen LogP contribution in [0.1, 0.15) is 28.4 Å². The van der Waals surface area contributed by atoms with Crippen LogP contribution in [0.5, 0.6) is 0 Å². The van der Waals surface area contributed by atoms with Gasteiger partial charge >= 0.3 is 0 Å². The Morgan fingerprint density at radius 2 is 2.36 bits per heavy atom. The number of oxazole rings is 1. The number of carbonyl (C=O) groups excluding carboxylic acids is 1. The zero-order chi connectivity index (χ0) is 15.5. The third-order valence-electron chi connectivity index (χ3n) is 4.17. The number of aromatic nitrogens is 2. The number of aryl methyl sites for hydroxylation is 1. The number of hydrogen-bond acceptors (Lipinski definition) is 4. The number of rotatable bonds is 4. The summed E-state index contributed by atoms with van der Waals surface area (Å²) in [4.78, 5) is 18.6. The average molecular weight is 303 g/mol. The maximum atomic E-state index is 12.7. The summed E-state index contributed by atoms with van der Waals surface area (Å²) >= 11 is 0. The Morgan fingerprint density at radius 3 is 3.09 bits per heavy atom. The second-order valence-electron chi connectivity index (χ2n) is 5.75. The van der Waals surface area contributed by atoms with E-state index in [0.29, 0.717) is 37.1 Å². The van der Waals surface area contributed by atoms with Gasteiger partial charge in [0, 0.05) is 38.7 Å². The highest BCUT2D eigenvalue weighted by molar-refractivity contribution is 5.92. The van der Waals surface area contributed by atoms with Gasteiger partial charge in [-0.05, 0) is 31.4 Å². The first-order chi connectivity index (χ1) is 10.7. The molecule has 1 atom stereocenters. The lowest BCUT2D eigenvalue weighted by Crippen LogP contribution is -2.34. The highest BCUT2D eigenvalue weighted by Crippen LogP contribution is 2.22. The molecule has 0 fully saturated rings. The monoisotopic (exact) mass is 303 g/mol. The van der Waals surface area contributed by atoms with E-state index in [1.165, 1.54) is 6.39 Å². The van der Waals surface area contributed by atoms with Crippen molar-refractivity contribution in [3.8, 4) is 0 Å². The fourth-order valence-corrected chi connectivity index (χ4v) is 2.95. The molecule has 2 aromatic rings. The number of methoxy groups -OCH3 is 1. The van der Waals surface area contributed by atoms with Crippen molar-refractivity contribution in [2.24, 2.45) is 5.92 Å². The summed E-state index contributed by atoms with van der Waals surface area (Å²) in [6, 6.07) is 4.09. The summed E-state index contributed by atoms with van der Waals surface area (Å²) in [6.07, 6.45) is 4.32. The first kappa shape index (κ1) is 14.8. The van der Waals surface area contributed by atoms with Crippen molar-refractivity contribution in [2.45, 2.75) is 26.4 Å². The number of amides is 1. The Morgan fingerprint density at radius 1 is 1.50 bits per heavy atom. The predicted molar refractivity (Wildman–Crippen MR) is 80.4 cm³/mol. The first-order valence-electron chi connectivity index (χ1n) is 7.51. The van der Waals surface area contributed by atoms with Crippen LogP contribution in [0.2, 0.25) is 0 Å². The van der Waals surface area contributed by atoms with Gasteiger partial charge in [-0.1, -0.05) is 0 Å². The van der Waals surface area contributed by atoms with Crippen molar-refractivity contribution in [3.63, 3.8) is 0 Å². The van der Waals surface area contributed by atoms with Gasteiger partial charge < -0.3 is 18.6 Å². The van der Waals surface area contributed by atoms with Crippen LogP contribution in [-0.4, -0.2) is 40.6 Å². The zero-order valence-electron chi connectivity index (χ0n) is 13.0. The highest BCUT2D eigenvalue weighted by atomic mass is 16.5. The molecule has 0 N–H and O–H groups in total. The van der Waals surface area contributed by atoms with Crippen LogP contribution in [0, 0.1) is 12.8 Å². The summed E-state index contributed by atoms with van der Waals surface area (Å²) in [5.74, 6) is 0.610. The molecular formula is C16H21N3O3. The van der Waals surface area contributed by atoms with Crippen LogP contribution in [-0.2, 0) is 17.8 Å². The molecule has 0 bridgehead atoms. The number of nitrogens with zero attached hydrogens (tertiary/aromatic N) is 3. The van der Waals surface area contributed by atoms with E-state index in [1.54, 1.807) is 14.0 Å². The molecule has 2 aromatic heterocycles. The normalized spacial score (nSPS) is 18.1. The van der Waals surface area contributed by atoms with Crippen LogP contribution in [0.25, 0.3) is 0 Å². The summed E-state index contributed by atoms with van der Waals surface area (Å²) in [5.41, 5.74) is 1.78. The largest absolute Gasteiger partial charge is 0.438 e. The summed E-state index contributed by atoms with van der Waals surface area (Å²) in [5, 5.41) is 0. The zero-order valence-corrected chi connectivity index (χ0v) is 13.0. The van der Waals surface area contributed by atoms with Gasteiger partial charge in [-0.3, -0.25) is 4.79 Å². The Hall–Kier alpha value is -2.08. The summed E-state index contributed by atoms with van der Waals surface area (Å²) < 4.78 is 12.7. The van der Waals surface area contributed by atoms with E-state index in [0.717, 1.165) is 18.7 Å². The molecule has 3 rings (SSSR count). The topological polar surface area (TPSA) is 60.5 Å². The van der Waals surface area contributed by atoms with E-state index in [1.807, 2.05) is 11.0 Å². The molecule has 0 radical (unpaired) electrons. The van der Waals surface area contributed by atoms with Gasteiger partial charge in [0.2, 0.25) is 5.76 Å². The second-order valence-corrected chi connectivity index (χ2v) is 5.75. The van der Waals surface area contributed by atoms with Crippen LogP contribution in [0.3, 0.4) is 0 Å². The maximum absolute atomic E-state index is 12.7. The third-order valence-corrected chi connectivity index (χ3v) is 4.17. The molecule has 0 spiro atoms. The number of hydrogen-bond donors (Lipinski definition) is 0. The van der Waals surface area contributed by atoms with Crippen molar-refractivity contribution >= 4 is 5.91 Å². The third kappa shape index (κ3) is 2.92. The molecule has 0 saturated heterocycles. The molecule has 3 heterocycles. The Bertz CT molecular complexity index is 647. The Kier molecular flexibility index (Phi) is 4.29. The molecule has 0 unspecified atom stereocenters. The van der Waals surface area contributed by atoms with Crippen molar-refractivity contribution < 1.29 is 13.9 Å². The lowest BCUT2D eigenvalue weighted by atomic mass is 10.1. The molecule has 0 aromatic carbocycles. The van der Waals surface area contributed by atoms with E-state index >= 15 is 0 Å². The number of fused-ring (bicyclic) bond motifs is 1. The Balaban J connectivity index is 1.83. The van der Waals surface area contributed by atoms with Crippen LogP contribution in [0.15, 0.2) is 29.1 Å². The van der Waals surface area contributed by atoms with Crippen LogP contribution >= 0.6 is 0 Å². The quantitative estimate of drug-likeness (QED) is 0.868.